The molecule has 19 heavy (non-hydrogen) atoms. The van der Waals surface area contributed by atoms with Crippen molar-refractivity contribution in [1.29, 1.82) is 0 Å². The van der Waals surface area contributed by atoms with Gasteiger partial charge in [0.1, 0.15) is 0 Å². The fourth-order valence-electron chi connectivity index (χ4n) is 3.82. The summed E-state index contributed by atoms with van der Waals surface area (Å²) in [5.41, 5.74) is 1.55. The zero-order valence-corrected chi connectivity index (χ0v) is 12.3. The Morgan fingerprint density at radius 2 is 1.68 bits per heavy atom. The van der Waals surface area contributed by atoms with Crippen LogP contribution < -0.4 is 5.32 Å². The highest BCUT2D eigenvalue weighted by Crippen LogP contribution is 2.44. The lowest BCUT2D eigenvalue weighted by Crippen LogP contribution is -2.55. The van der Waals surface area contributed by atoms with Crippen LogP contribution in [0.25, 0.3) is 0 Å². The minimum atomic E-state index is 0.193. The molecule has 1 saturated carbocycles. The Balaban J connectivity index is 1.98. The zero-order chi connectivity index (χ0) is 13.1. The molecule has 104 valence electrons. The molecule has 2 fully saturated rings. The standard InChI is InChI=1S/C16H23ClN2/c17-15-7-3-2-6-14(15)16(8-4-1-5-9-16)19-12-10-18-11-13-19/h2-3,6-7,18H,1,4-5,8-13H2. The molecule has 1 saturated heterocycles. The van der Waals surface area contributed by atoms with Crippen molar-refractivity contribution in [3.8, 4) is 0 Å². The van der Waals surface area contributed by atoms with E-state index < -0.39 is 0 Å². The Morgan fingerprint density at radius 1 is 1.00 bits per heavy atom. The second-order valence-electron chi connectivity index (χ2n) is 5.81. The van der Waals surface area contributed by atoms with Crippen molar-refractivity contribution in [2.45, 2.75) is 37.6 Å². The fourth-order valence-corrected chi connectivity index (χ4v) is 4.14. The van der Waals surface area contributed by atoms with E-state index in [0.717, 1.165) is 31.2 Å². The summed E-state index contributed by atoms with van der Waals surface area (Å²) in [6.45, 7) is 4.49. The number of halogens is 1. The highest BCUT2D eigenvalue weighted by atomic mass is 35.5. The second kappa shape index (κ2) is 5.82. The largest absolute Gasteiger partial charge is 0.314 e. The van der Waals surface area contributed by atoms with E-state index in [0.29, 0.717) is 0 Å². The third-order valence-electron chi connectivity index (χ3n) is 4.78. The third kappa shape index (κ3) is 2.54. The lowest BCUT2D eigenvalue weighted by molar-refractivity contribution is 0.0363. The van der Waals surface area contributed by atoms with Gasteiger partial charge in [-0.2, -0.15) is 0 Å². The zero-order valence-electron chi connectivity index (χ0n) is 11.5. The summed E-state index contributed by atoms with van der Waals surface area (Å²) in [7, 11) is 0. The van der Waals surface area contributed by atoms with Gasteiger partial charge in [-0.25, -0.2) is 0 Å². The lowest BCUT2D eigenvalue weighted by atomic mass is 9.75. The van der Waals surface area contributed by atoms with Gasteiger partial charge in [0.2, 0.25) is 0 Å². The molecule has 0 atom stereocenters. The van der Waals surface area contributed by atoms with Crippen LogP contribution >= 0.6 is 11.6 Å². The van der Waals surface area contributed by atoms with Crippen molar-refractivity contribution in [2.75, 3.05) is 26.2 Å². The van der Waals surface area contributed by atoms with E-state index in [1.807, 2.05) is 6.07 Å². The van der Waals surface area contributed by atoms with Gasteiger partial charge in [-0.1, -0.05) is 49.1 Å². The van der Waals surface area contributed by atoms with Crippen LogP contribution in [-0.2, 0) is 5.54 Å². The van der Waals surface area contributed by atoms with Crippen LogP contribution in [0.2, 0.25) is 5.02 Å². The maximum Gasteiger partial charge on any atom is 0.0476 e. The normalized spacial score (nSPS) is 24.3. The molecule has 0 radical (unpaired) electrons. The van der Waals surface area contributed by atoms with E-state index in [2.05, 4.69) is 28.4 Å². The smallest absolute Gasteiger partial charge is 0.0476 e. The summed E-state index contributed by atoms with van der Waals surface area (Å²) in [5.74, 6) is 0. The SMILES string of the molecule is Clc1ccccc1C1(N2CCNCC2)CCCCC1. The molecule has 1 aliphatic carbocycles. The molecule has 1 N–H and O–H groups in total. The molecule has 1 heterocycles. The Bertz CT molecular complexity index is 421. The average Bonchev–Trinajstić information content (AvgIpc) is 2.49. The molecule has 2 aliphatic rings. The first-order chi connectivity index (χ1) is 9.33. The van der Waals surface area contributed by atoms with Gasteiger partial charge in [0.25, 0.3) is 0 Å². The molecule has 0 spiro atoms. The monoisotopic (exact) mass is 278 g/mol. The van der Waals surface area contributed by atoms with E-state index in [-0.39, 0.29) is 5.54 Å². The van der Waals surface area contributed by atoms with Crippen molar-refractivity contribution < 1.29 is 0 Å². The lowest BCUT2D eigenvalue weighted by Gasteiger charge is -2.49. The maximum atomic E-state index is 6.52. The average molecular weight is 279 g/mol. The molecule has 1 aromatic rings. The second-order valence-corrected chi connectivity index (χ2v) is 6.22. The van der Waals surface area contributed by atoms with Crippen LogP contribution in [0.3, 0.4) is 0 Å². The quantitative estimate of drug-likeness (QED) is 0.892. The highest BCUT2D eigenvalue weighted by molar-refractivity contribution is 6.31. The molecule has 3 heteroatoms. The van der Waals surface area contributed by atoms with Gasteiger partial charge in [-0.3, -0.25) is 4.90 Å². The molecule has 1 aliphatic heterocycles. The Labute approximate surface area is 121 Å². The summed E-state index contributed by atoms with van der Waals surface area (Å²) in [4.78, 5) is 2.68. The van der Waals surface area contributed by atoms with Crippen molar-refractivity contribution in [3.05, 3.63) is 34.9 Å². The first-order valence-electron chi connectivity index (χ1n) is 7.54. The van der Waals surface area contributed by atoms with Gasteiger partial charge in [0.05, 0.1) is 0 Å². The van der Waals surface area contributed by atoms with Crippen LogP contribution in [0.4, 0.5) is 0 Å². The van der Waals surface area contributed by atoms with Crippen molar-refractivity contribution in [3.63, 3.8) is 0 Å². The number of nitrogens with zero attached hydrogens (tertiary/aromatic N) is 1. The summed E-state index contributed by atoms with van der Waals surface area (Å²) in [5, 5.41) is 4.41. The topological polar surface area (TPSA) is 15.3 Å². The summed E-state index contributed by atoms with van der Waals surface area (Å²) in [6.07, 6.45) is 6.55. The highest BCUT2D eigenvalue weighted by Gasteiger charge is 2.40. The van der Waals surface area contributed by atoms with Gasteiger partial charge < -0.3 is 5.32 Å². The van der Waals surface area contributed by atoms with Crippen LogP contribution in [0.15, 0.2) is 24.3 Å². The van der Waals surface area contributed by atoms with E-state index in [4.69, 9.17) is 11.6 Å². The molecule has 1 aromatic carbocycles. The van der Waals surface area contributed by atoms with Crippen LogP contribution in [0.1, 0.15) is 37.7 Å². The third-order valence-corrected chi connectivity index (χ3v) is 5.11. The summed E-state index contributed by atoms with van der Waals surface area (Å²) < 4.78 is 0. The molecular formula is C16H23ClN2. The van der Waals surface area contributed by atoms with Crippen LogP contribution in [-0.4, -0.2) is 31.1 Å². The number of rotatable bonds is 2. The van der Waals surface area contributed by atoms with Gasteiger partial charge in [-0.05, 0) is 24.5 Å². The molecule has 3 rings (SSSR count). The van der Waals surface area contributed by atoms with Gasteiger partial charge in [0.15, 0.2) is 0 Å². The first kappa shape index (κ1) is 13.4. The molecule has 2 nitrogen and oxygen atoms in total. The number of hydrogen-bond acceptors (Lipinski definition) is 2. The van der Waals surface area contributed by atoms with Crippen molar-refractivity contribution in [2.24, 2.45) is 0 Å². The predicted octanol–water partition coefficient (Wildman–Crippen LogP) is 3.40. The molecular weight excluding hydrogens is 256 g/mol. The van der Waals surface area contributed by atoms with E-state index >= 15 is 0 Å². The predicted molar refractivity (Wildman–Crippen MR) is 80.7 cm³/mol. The number of nitrogens with one attached hydrogen (secondary N) is 1. The van der Waals surface area contributed by atoms with Gasteiger partial charge >= 0.3 is 0 Å². The van der Waals surface area contributed by atoms with Gasteiger partial charge in [0, 0.05) is 36.7 Å². The number of piperazine rings is 1. The van der Waals surface area contributed by atoms with E-state index in [1.54, 1.807) is 0 Å². The Morgan fingerprint density at radius 3 is 2.37 bits per heavy atom. The Hall–Kier alpha value is -0.570. The van der Waals surface area contributed by atoms with Crippen LogP contribution in [0, 0.1) is 0 Å². The summed E-state index contributed by atoms with van der Waals surface area (Å²) >= 11 is 6.52. The van der Waals surface area contributed by atoms with E-state index in [1.165, 1.54) is 37.7 Å². The van der Waals surface area contributed by atoms with Crippen molar-refractivity contribution in [1.82, 2.24) is 10.2 Å². The van der Waals surface area contributed by atoms with Crippen molar-refractivity contribution >= 4 is 11.6 Å². The molecule has 0 amide bonds. The molecule has 0 aromatic heterocycles. The maximum absolute atomic E-state index is 6.52. The fraction of sp³-hybridized carbons (Fsp3) is 0.625. The minimum absolute atomic E-state index is 0.193. The molecule has 0 unspecified atom stereocenters. The van der Waals surface area contributed by atoms with Crippen LogP contribution in [0.5, 0.6) is 0 Å². The van der Waals surface area contributed by atoms with Gasteiger partial charge in [-0.15, -0.1) is 0 Å². The molecule has 0 bridgehead atoms. The Kier molecular flexibility index (Phi) is 4.11. The van der Waals surface area contributed by atoms with E-state index in [9.17, 15) is 0 Å². The summed E-state index contributed by atoms with van der Waals surface area (Å²) in [6, 6.07) is 8.48. The number of benzene rings is 1. The first-order valence-corrected chi connectivity index (χ1v) is 7.91. The number of hydrogen-bond donors (Lipinski definition) is 1. The minimum Gasteiger partial charge on any atom is -0.314 e.